The average Bonchev–Trinajstić information content (AvgIpc) is 2.67. The highest BCUT2D eigenvalue weighted by molar-refractivity contribution is 7.89. The average molecular weight is 398 g/mol. The van der Waals surface area contributed by atoms with Gasteiger partial charge in [-0.3, -0.25) is 4.98 Å². The Morgan fingerprint density at radius 3 is 2.54 bits per heavy atom. The third-order valence-electron chi connectivity index (χ3n) is 4.29. The van der Waals surface area contributed by atoms with Crippen LogP contribution in [0.4, 0.5) is 5.82 Å². The Morgan fingerprint density at radius 1 is 1.19 bits per heavy atom. The molecular weight excluding hydrogens is 378 g/mol. The van der Waals surface area contributed by atoms with Gasteiger partial charge in [0.2, 0.25) is 10.0 Å². The summed E-state index contributed by atoms with van der Waals surface area (Å²) in [5, 5.41) is 9.93. The number of aromatic nitrogens is 2. The second kappa shape index (κ2) is 8.28. The molecule has 3 rings (SSSR count). The van der Waals surface area contributed by atoms with Crippen LogP contribution in [-0.4, -0.2) is 59.8 Å². The number of rotatable bonds is 6. The van der Waals surface area contributed by atoms with E-state index in [4.69, 9.17) is 11.6 Å². The minimum Gasteiger partial charge on any atom is -0.354 e. The molecule has 0 amide bonds. The molecular formula is C16H20ClN5O3S. The van der Waals surface area contributed by atoms with Gasteiger partial charge in [0.15, 0.2) is 0 Å². The second-order valence-corrected chi connectivity index (χ2v) is 8.42. The van der Waals surface area contributed by atoms with E-state index in [0.29, 0.717) is 36.8 Å². The lowest BCUT2D eigenvalue weighted by Crippen LogP contribution is -2.50. The van der Waals surface area contributed by atoms with Crippen molar-refractivity contribution in [1.29, 1.82) is 0 Å². The molecule has 1 fully saturated rings. The molecule has 2 N–H and O–H groups in total. The fourth-order valence-corrected chi connectivity index (χ4v) is 4.59. The lowest BCUT2D eigenvalue weighted by atomic mass is 10.1. The monoisotopic (exact) mass is 397 g/mol. The van der Waals surface area contributed by atoms with Crippen LogP contribution in [0.1, 0.15) is 11.6 Å². The third kappa shape index (κ3) is 4.49. The van der Waals surface area contributed by atoms with Crippen LogP contribution in [0.2, 0.25) is 5.02 Å². The van der Waals surface area contributed by atoms with Gasteiger partial charge in [-0.1, -0.05) is 17.7 Å². The summed E-state index contributed by atoms with van der Waals surface area (Å²) in [6, 6.07) is 6.27. The molecule has 0 spiro atoms. The van der Waals surface area contributed by atoms with Crippen LogP contribution in [0.15, 0.2) is 42.9 Å². The molecule has 2 aromatic heterocycles. The molecule has 0 bridgehead atoms. The van der Waals surface area contributed by atoms with Crippen LogP contribution in [0.25, 0.3) is 0 Å². The maximum Gasteiger partial charge on any atom is 0.216 e. The quantitative estimate of drug-likeness (QED) is 0.709. The number of sulfonamides is 1. The molecule has 1 aliphatic heterocycles. The predicted octanol–water partition coefficient (Wildman–Crippen LogP) is 1.30. The van der Waals surface area contributed by atoms with E-state index >= 15 is 0 Å². The molecule has 0 aromatic carbocycles. The van der Waals surface area contributed by atoms with E-state index in [1.54, 1.807) is 30.6 Å². The zero-order valence-electron chi connectivity index (χ0n) is 14.0. The van der Waals surface area contributed by atoms with Gasteiger partial charge < -0.3 is 10.1 Å². The molecule has 2 aromatic rings. The molecule has 1 atom stereocenters. The molecule has 1 saturated heterocycles. The highest BCUT2D eigenvalue weighted by atomic mass is 35.5. The predicted molar refractivity (Wildman–Crippen MR) is 98.7 cm³/mol. The van der Waals surface area contributed by atoms with Crippen molar-refractivity contribution in [2.24, 2.45) is 0 Å². The number of hydrogen-bond donors (Lipinski definition) is 2. The smallest absolute Gasteiger partial charge is 0.216 e. The number of pyridine rings is 2. The maximum atomic E-state index is 12.7. The van der Waals surface area contributed by atoms with E-state index in [0.717, 1.165) is 5.82 Å². The van der Waals surface area contributed by atoms with Crippen LogP contribution in [-0.2, 0) is 10.0 Å². The Balaban J connectivity index is 1.63. The zero-order valence-corrected chi connectivity index (χ0v) is 15.6. The Labute approximate surface area is 157 Å². The Hall–Kier alpha value is -1.78. The number of hydrogen-bond acceptors (Lipinski definition) is 7. The van der Waals surface area contributed by atoms with E-state index in [1.165, 1.54) is 10.5 Å². The van der Waals surface area contributed by atoms with Crippen molar-refractivity contribution in [3.63, 3.8) is 0 Å². The van der Waals surface area contributed by atoms with Crippen LogP contribution in [0.5, 0.6) is 0 Å². The first-order chi connectivity index (χ1) is 12.5. The van der Waals surface area contributed by atoms with Gasteiger partial charge in [-0.2, -0.15) is 9.79 Å². The Kier molecular flexibility index (Phi) is 6.05. The molecule has 140 valence electrons. The van der Waals surface area contributed by atoms with Gasteiger partial charge in [0, 0.05) is 44.8 Å². The SMILES string of the molecule is O=S(=O)(C[C@@H](NO)c1cccnc1)N1CCN(c2ccc(Cl)cn2)CC1. The zero-order chi connectivity index (χ0) is 18.6. The van der Waals surface area contributed by atoms with E-state index in [2.05, 4.69) is 15.4 Å². The minimum absolute atomic E-state index is 0.242. The molecule has 1 aliphatic rings. The van der Waals surface area contributed by atoms with Crippen molar-refractivity contribution in [2.75, 3.05) is 36.8 Å². The van der Waals surface area contributed by atoms with Crippen LogP contribution in [0.3, 0.4) is 0 Å². The van der Waals surface area contributed by atoms with Gasteiger partial charge in [0.1, 0.15) is 5.82 Å². The number of nitrogens with zero attached hydrogens (tertiary/aromatic N) is 4. The van der Waals surface area contributed by atoms with Crippen molar-refractivity contribution in [3.8, 4) is 0 Å². The van der Waals surface area contributed by atoms with Gasteiger partial charge in [-0.15, -0.1) is 0 Å². The number of halogens is 1. The molecule has 0 unspecified atom stereocenters. The number of hydroxylamine groups is 1. The lowest BCUT2D eigenvalue weighted by molar-refractivity contribution is 0.133. The van der Waals surface area contributed by atoms with Gasteiger partial charge in [0.05, 0.1) is 16.8 Å². The van der Waals surface area contributed by atoms with E-state index in [9.17, 15) is 13.6 Å². The van der Waals surface area contributed by atoms with Crippen LogP contribution in [0, 0.1) is 0 Å². The second-order valence-electron chi connectivity index (χ2n) is 5.97. The van der Waals surface area contributed by atoms with Crippen LogP contribution < -0.4 is 10.4 Å². The first kappa shape index (κ1) is 19.0. The standard InChI is InChI=1S/C16H20ClN5O3S/c17-14-3-4-16(19-11-14)21-6-8-22(9-7-21)26(24,25)12-15(20-23)13-2-1-5-18-10-13/h1-5,10-11,15,20,23H,6-9,12H2/t15-/m1/s1. The highest BCUT2D eigenvalue weighted by Crippen LogP contribution is 2.20. The lowest BCUT2D eigenvalue weighted by Gasteiger charge is -2.35. The summed E-state index contributed by atoms with van der Waals surface area (Å²) in [4.78, 5) is 10.2. The summed E-state index contributed by atoms with van der Waals surface area (Å²) in [7, 11) is -3.54. The fourth-order valence-electron chi connectivity index (χ4n) is 2.86. The minimum atomic E-state index is -3.54. The number of piperazine rings is 1. The topological polar surface area (TPSA) is 98.7 Å². The summed E-state index contributed by atoms with van der Waals surface area (Å²) in [6.45, 7) is 1.80. The van der Waals surface area contributed by atoms with Crippen molar-refractivity contribution in [1.82, 2.24) is 19.8 Å². The van der Waals surface area contributed by atoms with Crippen LogP contribution >= 0.6 is 11.6 Å². The Morgan fingerprint density at radius 2 is 1.96 bits per heavy atom. The van der Waals surface area contributed by atoms with Crippen molar-refractivity contribution in [2.45, 2.75) is 6.04 Å². The summed E-state index contributed by atoms with van der Waals surface area (Å²) in [6.07, 6.45) is 4.70. The summed E-state index contributed by atoms with van der Waals surface area (Å²) < 4.78 is 26.9. The normalized spacial score (nSPS) is 17.2. The molecule has 8 nitrogen and oxygen atoms in total. The van der Waals surface area contributed by atoms with Crippen molar-refractivity contribution < 1.29 is 13.6 Å². The number of anilines is 1. The Bertz CT molecular complexity index is 812. The third-order valence-corrected chi connectivity index (χ3v) is 6.42. The molecule has 0 saturated carbocycles. The maximum absolute atomic E-state index is 12.7. The fraction of sp³-hybridized carbons (Fsp3) is 0.375. The molecule has 3 heterocycles. The van der Waals surface area contributed by atoms with Gasteiger partial charge in [-0.25, -0.2) is 13.4 Å². The van der Waals surface area contributed by atoms with E-state index in [-0.39, 0.29) is 5.75 Å². The summed E-state index contributed by atoms with van der Waals surface area (Å²) in [5.41, 5.74) is 2.69. The summed E-state index contributed by atoms with van der Waals surface area (Å²) in [5.74, 6) is 0.533. The van der Waals surface area contributed by atoms with E-state index < -0.39 is 16.1 Å². The number of nitrogens with one attached hydrogen (secondary N) is 1. The first-order valence-electron chi connectivity index (χ1n) is 8.13. The largest absolute Gasteiger partial charge is 0.354 e. The molecule has 0 radical (unpaired) electrons. The molecule has 26 heavy (non-hydrogen) atoms. The van der Waals surface area contributed by atoms with Crippen molar-refractivity contribution >= 4 is 27.4 Å². The van der Waals surface area contributed by atoms with Crippen molar-refractivity contribution in [3.05, 3.63) is 53.4 Å². The van der Waals surface area contributed by atoms with Gasteiger partial charge in [-0.05, 0) is 23.8 Å². The molecule has 0 aliphatic carbocycles. The first-order valence-corrected chi connectivity index (χ1v) is 10.1. The van der Waals surface area contributed by atoms with Gasteiger partial charge in [0.25, 0.3) is 0 Å². The highest BCUT2D eigenvalue weighted by Gasteiger charge is 2.30. The molecule has 10 heteroatoms. The van der Waals surface area contributed by atoms with E-state index in [1.807, 2.05) is 11.0 Å². The summed E-state index contributed by atoms with van der Waals surface area (Å²) >= 11 is 5.85. The van der Waals surface area contributed by atoms with Gasteiger partial charge >= 0.3 is 0 Å².